The Kier molecular flexibility index (Phi) is 5.76. The molecule has 0 saturated heterocycles. The van der Waals surface area contributed by atoms with Crippen LogP contribution in [0.3, 0.4) is 0 Å². The first kappa shape index (κ1) is 20.9. The minimum Gasteiger partial charge on any atom is -0.497 e. The van der Waals surface area contributed by atoms with E-state index in [0.29, 0.717) is 28.2 Å². The summed E-state index contributed by atoms with van der Waals surface area (Å²) in [5.74, 6) is 0.868. The predicted molar refractivity (Wildman–Crippen MR) is 122 cm³/mol. The number of amides is 1. The third kappa shape index (κ3) is 4.24. The molecule has 4 rings (SSSR count). The molecule has 2 N–H and O–H groups in total. The van der Waals surface area contributed by atoms with Gasteiger partial charge in [-0.3, -0.25) is 9.59 Å². The number of pyridine rings is 1. The summed E-state index contributed by atoms with van der Waals surface area (Å²) in [5.41, 5.74) is 4.32. The third-order valence-electron chi connectivity index (χ3n) is 4.96. The molecule has 1 aliphatic rings. The molecule has 0 bridgehead atoms. The lowest BCUT2D eigenvalue weighted by molar-refractivity contribution is -0.116. The average Bonchev–Trinajstić information content (AvgIpc) is 3.27. The second-order valence-electron chi connectivity index (χ2n) is 7.19. The van der Waals surface area contributed by atoms with Gasteiger partial charge in [-0.25, -0.2) is 5.48 Å². The van der Waals surface area contributed by atoms with Crippen LogP contribution < -0.4 is 31.5 Å². The number of carbonyl (C=O) groups excluding carboxylic acids is 1. The zero-order chi connectivity index (χ0) is 22.7. The minimum atomic E-state index is -0.411. The maximum Gasteiger partial charge on any atom is 0.264 e. The van der Waals surface area contributed by atoms with Crippen molar-refractivity contribution >= 4 is 29.9 Å². The van der Waals surface area contributed by atoms with Crippen LogP contribution in [0.25, 0.3) is 12.5 Å². The van der Waals surface area contributed by atoms with E-state index in [0.717, 1.165) is 5.56 Å². The van der Waals surface area contributed by atoms with Crippen LogP contribution >= 0.6 is 0 Å². The normalized spacial score (nSPS) is 14.2. The fourth-order valence-corrected chi connectivity index (χ4v) is 3.38. The highest BCUT2D eigenvalue weighted by Crippen LogP contribution is 2.16. The number of amidine groups is 1. The summed E-state index contributed by atoms with van der Waals surface area (Å²) in [5, 5.41) is 3.44. The Hall–Kier alpha value is -4.33. The lowest BCUT2D eigenvalue weighted by Crippen LogP contribution is -2.47. The average molecular weight is 430 g/mol. The largest absolute Gasteiger partial charge is 0.497 e. The number of aromatic nitrogens is 1. The number of aliphatic imine (C=N–C) groups is 1. The van der Waals surface area contributed by atoms with Gasteiger partial charge in [-0.05, 0) is 30.3 Å². The number of hydrogen-bond donors (Lipinski definition) is 2. The summed E-state index contributed by atoms with van der Waals surface area (Å²) in [6.45, 7) is 5.54. The molecule has 0 atom stereocenters. The molecule has 2 heterocycles. The number of nitrogens with zero attached hydrogens (tertiary/aromatic N) is 2. The number of methoxy groups -OCH3 is 1. The minimum absolute atomic E-state index is 0.112. The third-order valence-corrected chi connectivity index (χ3v) is 4.96. The van der Waals surface area contributed by atoms with Crippen molar-refractivity contribution in [2.24, 2.45) is 4.99 Å². The van der Waals surface area contributed by atoms with Crippen LogP contribution in [0, 0.1) is 6.92 Å². The smallest absolute Gasteiger partial charge is 0.264 e. The van der Waals surface area contributed by atoms with Gasteiger partial charge in [0.1, 0.15) is 17.5 Å². The Balaban J connectivity index is 1.68. The zero-order valence-corrected chi connectivity index (χ0v) is 17.7. The molecule has 2 aromatic carbocycles. The van der Waals surface area contributed by atoms with E-state index in [2.05, 4.69) is 22.4 Å². The molecule has 0 fully saturated rings. The van der Waals surface area contributed by atoms with E-state index in [9.17, 15) is 9.59 Å². The second-order valence-corrected chi connectivity index (χ2v) is 7.19. The van der Waals surface area contributed by atoms with Crippen molar-refractivity contribution in [2.75, 3.05) is 12.4 Å². The molecule has 1 aromatic heterocycles. The number of hydrogen-bond acceptors (Lipinski definition) is 6. The van der Waals surface area contributed by atoms with E-state index in [4.69, 9.17) is 9.57 Å². The lowest BCUT2D eigenvalue weighted by Gasteiger charge is -2.11. The number of hydroxylamine groups is 1. The SMILES string of the molecule is C=c1cc(C)n(CC(=O)Nc2cccc(OC)c2)c(=O)c1=C1N=C(c2ccccc2)NO1. The van der Waals surface area contributed by atoms with Gasteiger partial charge in [0.25, 0.3) is 11.4 Å². The second kappa shape index (κ2) is 8.81. The first-order chi connectivity index (χ1) is 15.5. The lowest BCUT2D eigenvalue weighted by atomic mass is 10.2. The molecule has 3 aromatic rings. The van der Waals surface area contributed by atoms with E-state index in [-0.39, 0.29) is 23.6 Å². The van der Waals surface area contributed by atoms with Crippen LogP contribution in [0.15, 0.2) is 70.5 Å². The van der Waals surface area contributed by atoms with Crippen molar-refractivity contribution in [1.82, 2.24) is 10.0 Å². The number of aryl methyl sites for hydroxylation is 1. The van der Waals surface area contributed by atoms with Crippen LogP contribution in [0.4, 0.5) is 5.69 Å². The van der Waals surface area contributed by atoms with E-state index in [1.54, 1.807) is 44.4 Å². The molecular formula is C24H22N4O4. The van der Waals surface area contributed by atoms with Crippen LogP contribution in [-0.4, -0.2) is 23.4 Å². The number of benzene rings is 2. The molecule has 0 spiro atoms. The number of carbonyl (C=O) groups is 1. The molecular weight excluding hydrogens is 408 g/mol. The summed E-state index contributed by atoms with van der Waals surface area (Å²) in [7, 11) is 1.55. The quantitative estimate of drug-likeness (QED) is 0.636. The maximum absolute atomic E-state index is 13.3. The summed E-state index contributed by atoms with van der Waals surface area (Å²) in [6.07, 6.45) is 0. The van der Waals surface area contributed by atoms with Gasteiger partial charge in [0.2, 0.25) is 5.91 Å². The highest BCUT2D eigenvalue weighted by atomic mass is 16.7. The molecule has 0 unspecified atom stereocenters. The first-order valence-electron chi connectivity index (χ1n) is 9.91. The van der Waals surface area contributed by atoms with Crippen LogP contribution in [0.5, 0.6) is 5.75 Å². The maximum atomic E-state index is 13.3. The highest BCUT2D eigenvalue weighted by molar-refractivity contribution is 6.01. The van der Waals surface area contributed by atoms with E-state index >= 15 is 0 Å². The fraction of sp³-hybridized carbons (Fsp3) is 0.125. The molecule has 162 valence electrons. The van der Waals surface area contributed by atoms with Crippen molar-refractivity contribution in [3.8, 4) is 5.75 Å². The Morgan fingerprint density at radius 1 is 1.19 bits per heavy atom. The molecule has 0 radical (unpaired) electrons. The van der Waals surface area contributed by atoms with Crippen molar-refractivity contribution in [3.63, 3.8) is 0 Å². The number of anilines is 1. The van der Waals surface area contributed by atoms with E-state index in [1.165, 1.54) is 4.57 Å². The predicted octanol–water partition coefficient (Wildman–Crippen LogP) is 1.26. The topological polar surface area (TPSA) is 94.0 Å². The van der Waals surface area contributed by atoms with Gasteiger partial charge in [-0.1, -0.05) is 43.0 Å². The Labute approximate surface area is 184 Å². The van der Waals surface area contributed by atoms with Crippen LogP contribution in [-0.2, 0) is 16.2 Å². The molecule has 8 heteroatoms. The van der Waals surface area contributed by atoms with Gasteiger partial charge in [-0.2, -0.15) is 4.99 Å². The summed E-state index contributed by atoms with van der Waals surface area (Å²) >= 11 is 0. The fourth-order valence-electron chi connectivity index (χ4n) is 3.38. The van der Waals surface area contributed by atoms with Gasteiger partial charge >= 0.3 is 0 Å². The summed E-state index contributed by atoms with van der Waals surface area (Å²) < 4.78 is 6.54. The van der Waals surface area contributed by atoms with E-state index < -0.39 is 5.56 Å². The highest BCUT2D eigenvalue weighted by Gasteiger charge is 2.18. The molecule has 8 nitrogen and oxygen atoms in total. The van der Waals surface area contributed by atoms with Gasteiger partial charge in [0.15, 0.2) is 5.84 Å². The summed E-state index contributed by atoms with van der Waals surface area (Å²) in [4.78, 5) is 35.8. The van der Waals surface area contributed by atoms with Gasteiger partial charge in [0, 0.05) is 23.0 Å². The molecule has 0 aliphatic carbocycles. The monoisotopic (exact) mass is 430 g/mol. The standard InChI is InChI=1S/C24H22N4O4/c1-15-12-16(2)28(14-20(29)25-18-10-7-11-19(13-18)31-3)24(30)21(15)23-26-22(27-32-23)17-8-5-4-6-9-17/h4-13H,1,14H2,2-3H3,(H,25,29)(H,26,27). The van der Waals surface area contributed by atoms with Crippen molar-refractivity contribution in [3.05, 3.63) is 92.7 Å². The Bertz CT molecular complexity index is 1380. The van der Waals surface area contributed by atoms with Crippen LogP contribution in [0.2, 0.25) is 0 Å². The number of nitrogens with one attached hydrogen (secondary N) is 2. The zero-order valence-electron chi connectivity index (χ0n) is 17.7. The Morgan fingerprint density at radius 2 is 1.97 bits per heavy atom. The first-order valence-corrected chi connectivity index (χ1v) is 9.91. The number of ether oxygens (including phenoxy) is 1. The van der Waals surface area contributed by atoms with Gasteiger partial charge < -0.3 is 19.5 Å². The molecule has 1 aliphatic heterocycles. The summed E-state index contributed by atoms with van der Waals surface area (Å²) in [6, 6.07) is 18.1. The number of rotatable bonds is 5. The molecule has 1 amide bonds. The molecule has 0 saturated carbocycles. The van der Waals surface area contributed by atoms with Crippen molar-refractivity contribution in [2.45, 2.75) is 13.5 Å². The van der Waals surface area contributed by atoms with Crippen LogP contribution in [0.1, 0.15) is 11.3 Å². The Morgan fingerprint density at radius 3 is 2.72 bits per heavy atom. The van der Waals surface area contributed by atoms with Gasteiger partial charge in [0.05, 0.1) is 7.11 Å². The van der Waals surface area contributed by atoms with Crippen molar-refractivity contribution < 1.29 is 14.4 Å². The van der Waals surface area contributed by atoms with E-state index in [1.807, 2.05) is 30.3 Å². The molecule has 32 heavy (non-hydrogen) atoms. The van der Waals surface area contributed by atoms with Crippen molar-refractivity contribution in [1.29, 1.82) is 0 Å². The van der Waals surface area contributed by atoms with Gasteiger partial charge in [-0.15, -0.1) is 0 Å².